The van der Waals surface area contributed by atoms with E-state index in [1.807, 2.05) is 6.07 Å². The topological polar surface area (TPSA) is 85.8 Å². The van der Waals surface area contributed by atoms with Gasteiger partial charge in [-0.1, -0.05) is 6.07 Å². The predicted molar refractivity (Wildman–Crippen MR) is 117 cm³/mol. The summed E-state index contributed by atoms with van der Waals surface area (Å²) in [4.78, 5) is 20.9. The van der Waals surface area contributed by atoms with Crippen molar-refractivity contribution in [2.24, 2.45) is 5.92 Å². The first kappa shape index (κ1) is 24.2. The van der Waals surface area contributed by atoms with Crippen LogP contribution in [0.4, 0.5) is 18.9 Å². The summed E-state index contributed by atoms with van der Waals surface area (Å²) in [6.07, 6.45) is 0.139. The molecule has 11 heteroatoms. The van der Waals surface area contributed by atoms with E-state index in [-0.39, 0.29) is 24.3 Å². The summed E-state index contributed by atoms with van der Waals surface area (Å²) >= 11 is 0. The van der Waals surface area contributed by atoms with Crippen molar-refractivity contribution in [2.45, 2.75) is 31.5 Å². The van der Waals surface area contributed by atoms with Gasteiger partial charge < -0.3 is 24.4 Å². The van der Waals surface area contributed by atoms with Gasteiger partial charge in [-0.2, -0.15) is 13.2 Å². The maximum atomic E-state index is 12.6. The second kappa shape index (κ2) is 11.0. The number of benzene rings is 1. The van der Waals surface area contributed by atoms with Gasteiger partial charge in [0.15, 0.2) is 5.75 Å². The third kappa shape index (κ3) is 6.80. The summed E-state index contributed by atoms with van der Waals surface area (Å²) in [6.45, 7) is 3.57. The van der Waals surface area contributed by atoms with Crippen molar-refractivity contribution in [2.75, 3.05) is 44.4 Å². The zero-order chi connectivity index (χ0) is 24.0. The summed E-state index contributed by atoms with van der Waals surface area (Å²) in [5, 5.41) is 3.01. The van der Waals surface area contributed by atoms with Crippen LogP contribution in [-0.4, -0.2) is 61.4 Å². The quantitative estimate of drug-likeness (QED) is 0.551. The van der Waals surface area contributed by atoms with Gasteiger partial charge in [0.25, 0.3) is 0 Å². The number of anilines is 1. The van der Waals surface area contributed by atoms with Gasteiger partial charge in [-0.05, 0) is 37.3 Å². The molecule has 2 fully saturated rings. The SMILES string of the molecule is O=C(COCCC1CCOC1)NC1CCN(c2cccc(Oc3cnc(C(F)(F)F)nc3)c2)C1. The number of hydrogen-bond donors (Lipinski definition) is 1. The molecule has 0 saturated carbocycles. The molecule has 2 atom stereocenters. The van der Waals surface area contributed by atoms with E-state index in [9.17, 15) is 18.0 Å². The van der Waals surface area contributed by atoms with Crippen molar-refractivity contribution < 1.29 is 32.2 Å². The van der Waals surface area contributed by atoms with E-state index in [0.717, 1.165) is 57.1 Å². The molecule has 8 nitrogen and oxygen atoms in total. The average Bonchev–Trinajstić information content (AvgIpc) is 3.49. The molecule has 2 saturated heterocycles. The van der Waals surface area contributed by atoms with Gasteiger partial charge in [0.05, 0.1) is 12.4 Å². The van der Waals surface area contributed by atoms with Gasteiger partial charge in [0.2, 0.25) is 11.7 Å². The Morgan fingerprint density at radius 3 is 2.76 bits per heavy atom. The lowest BCUT2D eigenvalue weighted by Gasteiger charge is -2.20. The minimum absolute atomic E-state index is 0.00668. The second-order valence-electron chi connectivity index (χ2n) is 8.41. The van der Waals surface area contributed by atoms with Crippen LogP contribution in [0.2, 0.25) is 0 Å². The minimum atomic E-state index is -4.60. The number of amides is 1. The number of nitrogens with one attached hydrogen (secondary N) is 1. The number of halogens is 3. The normalized spacial score (nSPS) is 20.5. The third-order valence-electron chi connectivity index (χ3n) is 5.78. The van der Waals surface area contributed by atoms with Gasteiger partial charge in [-0.25, -0.2) is 9.97 Å². The average molecular weight is 480 g/mol. The van der Waals surface area contributed by atoms with E-state index >= 15 is 0 Å². The summed E-state index contributed by atoms with van der Waals surface area (Å²) in [6, 6.07) is 7.21. The number of rotatable bonds is 9. The van der Waals surface area contributed by atoms with Crippen LogP contribution >= 0.6 is 0 Å². The molecule has 2 aliphatic rings. The minimum Gasteiger partial charge on any atom is -0.454 e. The summed E-state index contributed by atoms with van der Waals surface area (Å²) < 4.78 is 54.3. The van der Waals surface area contributed by atoms with Crippen molar-refractivity contribution in [3.63, 3.8) is 0 Å². The number of ether oxygens (including phenoxy) is 3. The number of hydrogen-bond acceptors (Lipinski definition) is 7. The number of aromatic nitrogens is 2. The zero-order valence-electron chi connectivity index (χ0n) is 18.6. The van der Waals surface area contributed by atoms with Crippen LogP contribution in [0.15, 0.2) is 36.7 Å². The van der Waals surface area contributed by atoms with Crippen LogP contribution in [0.25, 0.3) is 0 Å². The smallest absolute Gasteiger partial charge is 0.451 e. The lowest BCUT2D eigenvalue weighted by molar-refractivity contribution is -0.145. The van der Waals surface area contributed by atoms with Gasteiger partial charge in [0, 0.05) is 50.7 Å². The highest BCUT2D eigenvalue weighted by Crippen LogP contribution is 2.29. The first-order chi connectivity index (χ1) is 16.4. The van der Waals surface area contributed by atoms with Crippen LogP contribution in [0, 0.1) is 5.92 Å². The third-order valence-corrected chi connectivity index (χ3v) is 5.78. The van der Waals surface area contributed by atoms with Crippen LogP contribution in [0.3, 0.4) is 0 Å². The Morgan fingerprint density at radius 2 is 2.03 bits per heavy atom. The summed E-state index contributed by atoms with van der Waals surface area (Å²) in [5.74, 6) is -0.258. The predicted octanol–water partition coefficient (Wildman–Crippen LogP) is 3.43. The van der Waals surface area contributed by atoms with E-state index in [2.05, 4.69) is 20.2 Å². The van der Waals surface area contributed by atoms with Gasteiger partial charge in [0.1, 0.15) is 12.4 Å². The molecule has 0 bridgehead atoms. The molecule has 1 N–H and O–H groups in total. The molecule has 0 radical (unpaired) electrons. The number of alkyl halides is 3. The highest BCUT2D eigenvalue weighted by atomic mass is 19.4. The molecule has 2 unspecified atom stereocenters. The van der Waals surface area contributed by atoms with Crippen molar-refractivity contribution in [1.29, 1.82) is 0 Å². The maximum Gasteiger partial charge on any atom is 0.451 e. The Labute approximate surface area is 195 Å². The largest absolute Gasteiger partial charge is 0.454 e. The number of nitrogens with zero attached hydrogens (tertiary/aromatic N) is 3. The van der Waals surface area contributed by atoms with Crippen molar-refractivity contribution in [3.05, 3.63) is 42.5 Å². The van der Waals surface area contributed by atoms with Gasteiger partial charge in [-0.3, -0.25) is 4.79 Å². The van der Waals surface area contributed by atoms with Crippen molar-refractivity contribution >= 4 is 11.6 Å². The maximum absolute atomic E-state index is 12.6. The zero-order valence-corrected chi connectivity index (χ0v) is 18.6. The fourth-order valence-corrected chi connectivity index (χ4v) is 4.00. The van der Waals surface area contributed by atoms with Crippen LogP contribution in [-0.2, 0) is 20.4 Å². The highest BCUT2D eigenvalue weighted by Gasteiger charge is 2.34. The van der Waals surface area contributed by atoms with E-state index in [1.165, 1.54) is 0 Å². The second-order valence-corrected chi connectivity index (χ2v) is 8.41. The molecule has 0 aliphatic carbocycles. The fraction of sp³-hybridized carbons (Fsp3) is 0.522. The first-order valence-corrected chi connectivity index (χ1v) is 11.2. The number of carbonyl (C=O) groups excluding carboxylic acids is 1. The van der Waals surface area contributed by atoms with Gasteiger partial charge >= 0.3 is 6.18 Å². The molecule has 1 aromatic carbocycles. The molecule has 184 valence electrons. The van der Waals surface area contributed by atoms with Crippen molar-refractivity contribution in [3.8, 4) is 11.5 Å². The Kier molecular flexibility index (Phi) is 7.84. The highest BCUT2D eigenvalue weighted by molar-refractivity contribution is 5.77. The Balaban J connectivity index is 1.22. The summed E-state index contributed by atoms with van der Waals surface area (Å²) in [7, 11) is 0. The molecule has 1 amide bonds. The standard InChI is InChI=1S/C23H27F3N4O4/c24-23(25,26)22-27-11-20(12-28-22)34-19-3-1-2-18(10-19)30-7-4-17(13-30)29-21(31)15-33-9-6-16-5-8-32-14-16/h1-3,10-12,16-17H,4-9,13-15H2,(H,29,31). The van der Waals surface area contributed by atoms with Crippen LogP contribution in [0.5, 0.6) is 11.5 Å². The van der Waals surface area contributed by atoms with Crippen LogP contribution in [0.1, 0.15) is 25.1 Å². The van der Waals surface area contributed by atoms with E-state index in [4.69, 9.17) is 14.2 Å². The molecule has 2 aromatic rings. The molecule has 2 aliphatic heterocycles. The van der Waals surface area contributed by atoms with Gasteiger partial charge in [-0.15, -0.1) is 0 Å². The molecule has 3 heterocycles. The molecular weight excluding hydrogens is 453 g/mol. The lowest BCUT2D eigenvalue weighted by atomic mass is 10.1. The first-order valence-electron chi connectivity index (χ1n) is 11.2. The molecule has 0 spiro atoms. The number of carbonyl (C=O) groups is 1. The van der Waals surface area contributed by atoms with E-state index in [0.29, 0.717) is 24.8 Å². The Bertz CT molecular complexity index is 952. The summed E-state index contributed by atoms with van der Waals surface area (Å²) in [5.41, 5.74) is 0.886. The molecule has 34 heavy (non-hydrogen) atoms. The van der Waals surface area contributed by atoms with Crippen molar-refractivity contribution in [1.82, 2.24) is 15.3 Å². The van der Waals surface area contributed by atoms with Crippen LogP contribution < -0.4 is 15.0 Å². The Hall–Kier alpha value is -2.92. The fourth-order valence-electron chi connectivity index (χ4n) is 4.00. The lowest BCUT2D eigenvalue weighted by Crippen LogP contribution is -2.39. The Morgan fingerprint density at radius 1 is 1.21 bits per heavy atom. The molecule has 1 aromatic heterocycles. The van der Waals surface area contributed by atoms with E-state index in [1.54, 1.807) is 18.2 Å². The van der Waals surface area contributed by atoms with E-state index < -0.39 is 12.0 Å². The monoisotopic (exact) mass is 480 g/mol. The molecule has 4 rings (SSSR count). The molecular formula is C23H27F3N4O4.